The Hall–Kier alpha value is -0.290. The van der Waals surface area contributed by atoms with Crippen molar-refractivity contribution in [3.8, 4) is 5.75 Å². The lowest BCUT2D eigenvalue weighted by atomic mass is 10.2. The lowest BCUT2D eigenvalue weighted by Crippen LogP contribution is -2.25. The van der Waals surface area contributed by atoms with Crippen LogP contribution in [-0.4, -0.2) is 32.9 Å². The van der Waals surface area contributed by atoms with Gasteiger partial charge in [0.2, 0.25) is 0 Å². The van der Waals surface area contributed by atoms with E-state index in [2.05, 4.69) is 21.2 Å². The molecule has 0 spiro atoms. The van der Waals surface area contributed by atoms with Gasteiger partial charge in [-0.2, -0.15) is 0 Å². The highest BCUT2D eigenvalue weighted by molar-refractivity contribution is 9.10. The molecule has 0 unspecified atom stereocenters. The zero-order valence-electron chi connectivity index (χ0n) is 10.8. The summed E-state index contributed by atoms with van der Waals surface area (Å²) >= 11 is 9.52. The van der Waals surface area contributed by atoms with Crippen LogP contribution in [0.3, 0.4) is 0 Å². The van der Waals surface area contributed by atoms with Crippen molar-refractivity contribution in [1.82, 2.24) is 5.32 Å². The fraction of sp³-hybridized carbons (Fsp3) is 0.538. The van der Waals surface area contributed by atoms with E-state index in [4.69, 9.17) is 21.1 Å². The predicted octanol–water partition coefficient (Wildman–Crippen LogP) is 3.42. The van der Waals surface area contributed by atoms with E-state index in [0.717, 1.165) is 42.1 Å². The molecule has 18 heavy (non-hydrogen) atoms. The Morgan fingerprint density at radius 1 is 1.28 bits per heavy atom. The van der Waals surface area contributed by atoms with E-state index in [9.17, 15) is 0 Å². The molecule has 1 aromatic rings. The molecule has 0 radical (unpaired) electrons. The Morgan fingerprint density at radius 2 is 2.00 bits per heavy atom. The van der Waals surface area contributed by atoms with Crippen LogP contribution in [0.4, 0.5) is 0 Å². The number of halogens is 2. The van der Waals surface area contributed by atoms with Gasteiger partial charge in [-0.25, -0.2) is 0 Å². The zero-order valence-corrected chi connectivity index (χ0v) is 13.1. The van der Waals surface area contributed by atoms with E-state index in [0.29, 0.717) is 11.6 Å². The van der Waals surface area contributed by atoms with Crippen molar-refractivity contribution in [2.75, 3.05) is 32.9 Å². The summed E-state index contributed by atoms with van der Waals surface area (Å²) in [7, 11) is 0. The maximum Gasteiger partial charge on any atom is 0.140 e. The van der Waals surface area contributed by atoms with E-state index >= 15 is 0 Å². The van der Waals surface area contributed by atoms with Crippen LogP contribution in [0.1, 0.15) is 12.5 Å². The summed E-state index contributed by atoms with van der Waals surface area (Å²) in [4.78, 5) is 0. The molecule has 0 aromatic heterocycles. The molecule has 0 aliphatic rings. The smallest absolute Gasteiger partial charge is 0.140 e. The monoisotopic (exact) mass is 335 g/mol. The minimum absolute atomic E-state index is 0.592. The third-order valence-corrected chi connectivity index (χ3v) is 3.09. The molecule has 3 nitrogen and oxygen atoms in total. The summed E-state index contributed by atoms with van der Waals surface area (Å²) in [5, 5.41) is 3.87. The van der Waals surface area contributed by atoms with E-state index in [1.54, 1.807) is 0 Å². The standard InChI is InChI=1S/C13H19BrClNO2/c1-3-17-6-4-16-5-7-18-13-10(2)8-11(14)9-12(13)15/h8-9,16H,3-7H2,1-2H3. The second-order valence-corrected chi connectivity index (χ2v) is 5.15. The Kier molecular flexibility index (Phi) is 7.66. The van der Waals surface area contributed by atoms with Crippen molar-refractivity contribution in [2.45, 2.75) is 13.8 Å². The second kappa shape index (κ2) is 8.75. The second-order valence-electron chi connectivity index (χ2n) is 3.83. The summed E-state index contributed by atoms with van der Waals surface area (Å²) in [5.41, 5.74) is 1.03. The number of nitrogens with one attached hydrogen (secondary N) is 1. The van der Waals surface area contributed by atoms with Crippen molar-refractivity contribution < 1.29 is 9.47 Å². The summed E-state index contributed by atoms with van der Waals surface area (Å²) in [6.07, 6.45) is 0. The largest absolute Gasteiger partial charge is 0.490 e. The molecule has 0 saturated carbocycles. The summed E-state index contributed by atoms with van der Waals surface area (Å²) in [6, 6.07) is 3.83. The van der Waals surface area contributed by atoms with Gasteiger partial charge in [-0.05, 0) is 31.5 Å². The van der Waals surface area contributed by atoms with Gasteiger partial charge in [0.25, 0.3) is 0 Å². The quantitative estimate of drug-likeness (QED) is 0.738. The molecule has 0 atom stereocenters. The van der Waals surface area contributed by atoms with Crippen LogP contribution in [0.15, 0.2) is 16.6 Å². The van der Waals surface area contributed by atoms with Crippen LogP contribution in [-0.2, 0) is 4.74 Å². The van der Waals surface area contributed by atoms with Gasteiger partial charge in [0.05, 0.1) is 11.6 Å². The number of rotatable bonds is 8. The third kappa shape index (κ3) is 5.57. The van der Waals surface area contributed by atoms with Crippen LogP contribution in [0.2, 0.25) is 5.02 Å². The van der Waals surface area contributed by atoms with Crippen molar-refractivity contribution in [3.63, 3.8) is 0 Å². The first kappa shape index (κ1) is 15.8. The number of hydrogen-bond acceptors (Lipinski definition) is 3. The Morgan fingerprint density at radius 3 is 2.67 bits per heavy atom. The van der Waals surface area contributed by atoms with E-state index in [1.807, 2.05) is 26.0 Å². The van der Waals surface area contributed by atoms with E-state index < -0.39 is 0 Å². The summed E-state index contributed by atoms with van der Waals surface area (Å²) in [6.45, 7) is 7.66. The SMILES string of the molecule is CCOCCNCCOc1c(C)cc(Br)cc1Cl. The minimum Gasteiger partial charge on any atom is -0.490 e. The Bertz CT molecular complexity index is 351. The van der Waals surface area contributed by atoms with Gasteiger partial charge in [0.1, 0.15) is 12.4 Å². The first-order chi connectivity index (χ1) is 8.65. The first-order valence-electron chi connectivity index (χ1n) is 6.02. The highest BCUT2D eigenvalue weighted by atomic mass is 79.9. The fourth-order valence-electron chi connectivity index (χ4n) is 1.51. The highest BCUT2D eigenvalue weighted by Crippen LogP contribution is 2.31. The Balaban J connectivity index is 2.27. The van der Waals surface area contributed by atoms with Gasteiger partial charge < -0.3 is 14.8 Å². The molecular weight excluding hydrogens is 318 g/mol. The van der Waals surface area contributed by atoms with Crippen LogP contribution < -0.4 is 10.1 Å². The van der Waals surface area contributed by atoms with Gasteiger partial charge in [-0.3, -0.25) is 0 Å². The molecule has 0 saturated heterocycles. The van der Waals surface area contributed by atoms with E-state index in [-0.39, 0.29) is 0 Å². The van der Waals surface area contributed by atoms with E-state index in [1.165, 1.54) is 0 Å². The molecular formula is C13H19BrClNO2. The van der Waals surface area contributed by atoms with Crippen molar-refractivity contribution in [1.29, 1.82) is 0 Å². The molecule has 1 N–H and O–H groups in total. The number of hydrogen-bond donors (Lipinski definition) is 1. The van der Waals surface area contributed by atoms with Gasteiger partial charge in [-0.1, -0.05) is 27.5 Å². The van der Waals surface area contributed by atoms with Gasteiger partial charge >= 0.3 is 0 Å². The molecule has 0 aliphatic heterocycles. The molecule has 0 bridgehead atoms. The fourth-order valence-corrected chi connectivity index (χ4v) is 2.54. The third-order valence-electron chi connectivity index (χ3n) is 2.35. The van der Waals surface area contributed by atoms with Crippen molar-refractivity contribution in [3.05, 3.63) is 27.2 Å². The highest BCUT2D eigenvalue weighted by Gasteiger charge is 2.06. The molecule has 0 aliphatic carbocycles. The molecule has 102 valence electrons. The van der Waals surface area contributed by atoms with Crippen LogP contribution in [0.25, 0.3) is 0 Å². The maximum absolute atomic E-state index is 6.12. The van der Waals surface area contributed by atoms with Gasteiger partial charge in [-0.15, -0.1) is 0 Å². The number of aryl methyl sites for hydroxylation is 1. The normalized spacial score (nSPS) is 10.7. The van der Waals surface area contributed by atoms with Crippen LogP contribution in [0.5, 0.6) is 5.75 Å². The number of benzene rings is 1. The van der Waals surface area contributed by atoms with Gasteiger partial charge in [0, 0.05) is 24.2 Å². The lowest BCUT2D eigenvalue weighted by Gasteiger charge is -2.12. The first-order valence-corrected chi connectivity index (χ1v) is 7.19. The van der Waals surface area contributed by atoms with Crippen LogP contribution in [0, 0.1) is 6.92 Å². The topological polar surface area (TPSA) is 30.5 Å². The molecule has 0 fully saturated rings. The summed E-state index contributed by atoms with van der Waals surface area (Å²) < 4.78 is 11.9. The summed E-state index contributed by atoms with van der Waals surface area (Å²) in [5.74, 6) is 0.756. The molecule has 5 heteroatoms. The molecule has 1 aromatic carbocycles. The average molecular weight is 337 g/mol. The average Bonchev–Trinajstić information content (AvgIpc) is 2.30. The van der Waals surface area contributed by atoms with Crippen molar-refractivity contribution >= 4 is 27.5 Å². The maximum atomic E-state index is 6.12. The predicted molar refractivity (Wildman–Crippen MR) is 78.7 cm³/mol. The number of ether oxygens (including phenoxy) is 2. The Labute approximate surface area is 122 Å². The molecule has 0 heterocycles. The van der Waals surface area contributed by atoms with Crippen LogP contribution >= 0.6 is 27.5 Å². The van der Waals surface area contributed by atoms with Crippen molar-refractivity contribution in [2.24, 2.45) is 0 Å². The lowest BCUT2D eigenvalue weighted by molar-refractivity contribution is 0.148. The van der Waals surface area contributed by atoms with Gasteiger partial charge in [0.15, 0.2) is 0 Å². The zero-order chi connectivity index (χ0) is 13.4. The molecule has 1 rings (SSSR count). The molecule has 0 amide bonds. The minimum atomic E-state index is 0.592.